The highest BCUT2D eigenvalue weighted by molar-refractivity contribution is 5.79. The van der Waals surface area contributed by atoms with E-state index in [4.69, 9.17) is 5.73 Å². The van der Waals surface area contributed by atoms with E-state index in [1.165, 1.54) is 17.0 Å². The van der Waals surface area contributed by atoms with Crippen molar-refractivity contribution in [2.45, 2.75) is 20.4 Å². The van der Waals surface area contributed by atoms with Gasteiger partial charge < -0.3 is 16.0 Å². The highest BCUT2D eigenvalue weighted by atomic mass is 19.1. The third kappa shape index (κ3) is 4.17. The fourth-order valence-electron chi connectivity index (χ4n) is 1.83. The second-order valence-electron chi connectivity index (χ2n) is 4.17. The standard InChI is InChI=1S/C13H19F2N3O/c1-3-17-7-9-5-10(14)13(11(15)6-9)18(4-2)8-12(16)19/h5-6,17H,3-4,7-8H2,1-2H3,(H2,16,19). The first-order valence-electron chi connectivity index (χ1n) is 6.21. The van der Waals surface area contributed by atoms with E-state index in [1.807, 2.05) is 6.92 Å². The zero-order valence-corrected chi connectivity index (χ0v) is 11.2. The number of nitrogens with two attached hydrogens (primary N) is 1. The van der Waals surface area contributed by atoms with Crippen molar-refractivity contribution in [3.05, 3.63) is 29.3 Å². The van der Waals surface area contributed by atoms with Crippen molar-refractivity contribution in [3.8, 4) is 0 Å². The fourth-order valence-corrected chi connectivity index (χ4v) is 1.83. The van der Waals surface area contributed by atoms with Crippen molar-refractivity contribution in [2.24, 2.45) is 5.73 Å². The summed E-state index contributed by atoms with van der Waals surface area (Å²) in [5.41, 5.74) is 5.38. The van der Waals surface area contributed by atoms with Gasteiger partial charge in [-0.05, 0) is 31.2 Å². The highest BCUT2D eigenvalue weighted by Crippen LogP contribution is 2.24. The van der Waals surface area contributed by atoms with Crippen molar-refractivity contribution in [1.29, 1.82) is 0 Å². The van der Waals surface area contributed by atoms with E-state index >= 15 is 0 Å². The largest absolute Gasteiger partial charge is 0.368 e. The van der Waals surface area contributed by atoms with Gasteiger partial charge in [0.2, 0.25) is 5.91 Å². The molecule has 0 saturated heterocycles. The quantitative estimate of drug-likeness (QED) is 0.788. The van der Waals surface area contributed by atoms with Gasteiger partial charge in [-0.15, -0.1) is 0 Å². The smallest absolute Gasteiger partial charge is 0.236 e. The van der Waals surface area contributed by atoms with Crippen LogP contribution in [0.3, 0.4) is 0 Å². The summed E-state index contributed by atoms with van der Waals surface area (Å²) in [5, 5.41) is 2.99. The van der Waals surface area contributed by atoms with E-state index < -0.39 is 17.5 Å². The van der Waals surface area contributed by atoms with Crippen LogP contribution in [0.15, 0.2) is 12.1 Å². The minimum absolute atomic E-state index is 0.207. The number of nitrogens with one attached hydrogen (secondary N) is 1. The molecule has 0 radical (unpaired) electrons. The number of hydrogen-bond acceptors (Lipinski definition) is 3. The molecular formula is C13H19F2N3O. The molecule has 0 saturated carbocycles. The first kappa shape index (κ1) is 15.4. The van der Waals surface area contributed by atoms with Gasteiger partial charge in [-0.2, -0.15) is 0 Å². The van der Waals surface area contributed by atoms with Crippen LogP contribution in [0.4, 0.5) is 14.5 Å². The molecule has 1 aromatic rings. The Bertz CT molecular complexity index is 429. The van der Waals surface area contributed by atoms with Gasteiger partial charge in [0.25, 0.3) is 0 Å². The lowest BCUT2D eigenvalue weighted by atomic mass is 10.1. The number of benzene rings is 1. The first-order chi connectivity index (χ1) is 8.99. The number of halogens is 2. The number of amides is 1. The molecular weight excluding hydrogens is 252 g/mol. The third-order valence-corrected chi connectivity index (χ3v) is 2.70. The molecule has 4 nitrogen and oxygen atoms in total. The Labute approximate surface area is 111 Å². The number of primary amides is 1. The Balaban J connectivity index is 3.03. The number of nitrogens with zero attached hydrogens (tertiary/aromatic N) is 1. The summed E-state index contributed by atoms with van der Waals surface area (Å²) >= 11 is 0. The number of hydrogen-bond donors (Lipinski definition) is 2. The predicted molar refractivity (Wildman–Crippen MR) is 70.8 cm³/mol. The molecule has 0 unspecified atom stereocenters. The Morgan fingerprint density at radius 2 is 1.89 bits per heavy atom. The van der Waals surface area contributed by atoms with E-state index in [9.17, 15) is 13.6 Å². The van der Waals surface area contributed by atoms with Gasteiger partial charge in [-0.1, -0.05) is 6.92 Å². The Morgan fingerprint density at radius 3 is 2.32 bits per heavy atom. The summed E-state index contributed by atoms with van der Waals surface area (Å²) in [6, 6.07) is 2.54. The minimum Gasteiger partial charge on any atom is -0.368 e. The Kier molecular flexibility index (Phi) is 5.69. The molecule has 0 spiro atoms. The predicted octanol–water partition coefficient (Wildman–Crippen LogP) is 1.39. The molecule has 106 valence electrons. The molecule has 0 aliphatic carbocycles. The monoisotopic (exact) mass is 271 g/mol. The van der Waals surface area contributed by atoms with E-state index in [2.05, 4.69) is 5.32 Å². The average molecular weight is 271 g/mol. The summed E-state index contributed by atoms with van der Waals surface area (Å²) in [6.45, 7) is 4.81. The maximum atomic E-state index is 14.0. The SMILES string of the molecule is CCNCc1cc(F)c(N(CC)CC(N)=O)c(F)c1. The zero-order valence-electron chi connectivity index (χ0n) is 11.2. The van der Waals surface area contributed by atoms with Crippen LogP contribution in [0.1, 0.15) is 19.4 Å². The van der Waals surface area contributed by atoms with Gasteiger partial charge in [0.1, 0.15) is 17.3 Å². The second-order valence-corrected chi connectivity index (χ2v) is 4.17. The van der Waals surface area contributed by atoms with Crippen LogP contribution in [-0.2, 0) is 11.3 Å². The molecule has 19 heavy (non-hydrogen) atoms. The molecule has 0 aromatic heterocycles. The molecule has 0 heterocycles. The van der Waals surface area contributed by atoms with Gasteiger partial charge >= 0.3 is 0 Å². The molecule has 0 aliphatic rings. The summed E-state index contributed by atoms with van der Waals surface area (Å²) in [4.78, 5) is 12.2. The number of anilines is 1. The van der Waals surface area contributed by atoms with E-state index in [0.717, 1.165) is 0 Å². The van der Waals surface area contributed by atoms with E-state index in [1.54, 1.807) is 6.92 Å². The van der Waals surface area contributed by atoms with Crippen LogP contribution >= 0.6 is 0 Å². The molecule has 0 aliphatic heterocycles. The lowest BCUT2D eigenvalue weighted by Crippen LogP contribution is -2.34. The normalized spacial score (nSPS) is 10.5. The Hall–Kier alpha value is -1.69. The fraction of sp³-hybridized carbons (Fsp3) is 0.462. The van der Waals surface area contributed by atoms with Gasteiger partial charge in [0.05, 0.1) is 6.54 Å². The third-order valence-electron chi connectivity index (χ3n) is 2.70. The van der Waals surface area contributed by atoms with Crippen LogP contribution in [0.5, 0.6) is 0 Å². The van der Waals surface area contributed by atoms with Crippen molar-refractivity contribution >= 4 is 11.6 Å². The van der Waals surface area contributed by atoms with Crippen LogP contribution in [0.25, 0.3) is 0 Å². The van der Waals surface area contributed by atoms with Crippen LogP contribution in [0.2, 0.25) is 0 Å². The molecule has 6 heteroatoms. The summed E-state index contributed by atoms with van der Waals surface area (Å²) in [7, 11) is 0. The maximum absolute atomic E-state index is 14.0. The van der Waals surface area contributed by atoms with Gasteiger partial charge in [0, 0.05) is 13.1 Å². The van der Waals surface area contributed by atoms with Gasteiger partial charge in [0.15, 0.2) is 0 Å². The van der Waals surface area contributed by atoms with Crippen molar-refractivity contribution < 1.29 is 13.6 Å². The lowest BCUT2D eigenvalue weighted by Gasteiger charge is -2.23. The van der Waals surface area contributed by atoms with Crippen molar-refractivity contribution in [3.63, 3.8) is 0 Å². The van der Waals surface area contributed by atoms with Crippen molar-refractivity contribution in [2.75, 3.05) is 24.5 Å². The average Bonchev–Trinajstić information content (AvgIpc) is 2.33. The first-order valence-corrected chi connectivity index (χ1v) is 6.21. The van der Waals surface area contributed by atoms with Gasteiger partial charge in [-0.25, -0.2) is 8.78 Å². The number of likely N-dealkylation sites (N-methyl/N-ethyl adjacent to an activating group) is 1. The number of carbonyl (C=O) groups is 1. The van der Waals surface area contributed by atoms with E-state index in [0.29, 0.717) is 25.2 Å². The highest BCUT2D eigenvalue weighted by Gasteiger charge is 2.18. The van der Waals surface area contributed by atoms with Gasteiger partial charge in [-0.3, -0.25) is 4.79 Å². The summed E-state index contributed by atoms with van der Waals surface area (Å²) < 4.78 is 27.9. The summed E-state index contributed by atoms with van der Waals surface area (Å²) in [6.07, 6.45) is 0. The molecule has 1 amide bonds. The lowest BCUT2D eigenvalue weighted by molar-refractivity contribution is -0.116. The van der Waals surface area contributed by atoms with E-state index in [-0.39, 0.29) is 12.2 Å². The molecule has 1 aromatic carbocycles. The summed E-state index contributed by atoms with van der Waals surface area (Å²) in [5.74, 6) is -2.00. The minimum atomic E-state index is -0.684. The van der Waals surface area contributed by atoms with Crippen LogP contribution in [-0.4, -0.2) is 25.5 Å². The molecule has 1 rings (SSSR count). The molecule has 0 fully saturated rings. The molecule has 0 bridgehead atoms. The molecule has 0 atom stereocenters. The topological polar surface area (TPSA) is 58.4 Å². The second kappa shape index (κ2) is 7.04. The Morgan fingerprint density at radius 1 is 1.32 bits per heavy atom. The van der Waals surface area contributed by atoms with Crippen LogP contribution < -0.4 is 16.0 Å². The van der Waals surface area contributed by atoms with Crippen LogP contribution in [0, 0.1) is 11.6 Å². The number of carbonyl (C=O) groups excluding carboxylic acids is 1. The molecule has 3 N–H and O–H groups in total. The van der Waals surface area contributed by atoms with Crippen molar-refractivity contribution in [1.82, 2.24) is 5.32 Å². The number of rotatable bonds is 7. The maximum Gasteiger partial charge on any atom is 0.236 e. The zero-order chi connectivity index (χ0) is 14.4.